The van der Waals surface area contributed by atoms with Crippen LogP contribution in [0.15, 0.2) is 114 Å². The van der Waals surface area contributed by atoms with Crippen LogP contribution in [0.3, 0.4) is 0 Å². The van der Waals surface area contributed by atoms with Gasteiger partial charge >= 0.3 is 0 Å². The molecule has 1 amide bonds. The van der Waals surface area contributed by atoms with Crippen molar-refractivity contribution in [3.05, 3.63) is 136 Å². The van der Waals surface area contributed by atoms with Gasteiger partial charge in [-0.25, -0.2) is 4.68 Å². The number of nitro groups is 1. The van der Waals surface area contributed by atoms with Crippen molar-refractivity contribution in [3.8, 4) is 22.9 Å². The van der Waals surface area contributed by atoms with Crippen LogP contribution in [0.4, 0.5) is 17.3 Å². The van der Waals surface area contributed by atoms with E-state index in [1.165, 1.54) is 12.1 Å². The van der Waals surface area contributed by atoms with Crippen LogP contribution in [0.5, 0.6) is 11.5 Å². The molecule has 1 aromatic heterocycles. The molecule has 4 aromatic carbocycles. The first-order chi connectivity index (χ1) is 21.4. The number of fused-ring (bicyclic) bond motifs is 1. The van der Waals surface area contributed by atoms with Crippen LogP contribution in [-0.2, 0) is 11.4 Å². The first-order valence-corrected chi connectivity index (χ1v) is 13.8. The van der Waals surface area contributed by atoms with E-state index >= 15 is 0 Å². The molecule has 0 radical (unpaired) electrons. The number of non-ortho nitro benzene ring substituents is 1. The monoisotopic (exact) mass is 588 g/mol. The number of nitrogens with zero attached hydrogens (tertiary/aromatic N) is 4. The third-order valence-electron chi connectivity index (χ3n) is 7.21. The van der Waals surface area contributed by atoms with Crippen LogP contribution in [-0.4, -0.2) is 32.7 Å². The molecule has 5 aromatic rings. The summed E-state index contributed by atoms with van der Waals surface area (Å²) in [7, 11) is 1.54. The molecule has 2 N–H and O–H groups in total. The molecule has 44 heavy (non-hydrogen) atoms. The SMILES string of the molecule is COc1ccccc1NC(=O)C1=C(C)Nc2nc(-c3cccc([N+](=O)[O-])c3)nn2C1c1ccc(OCc2ccccc2)cc1. The first kappa shape index (κ1) is 28.2. The van der Waals surface area contributed by atoms with Gasteiger partial charge in [0.05, 0.1) is 23.3 Å². The largest absolute Gasteiger partial charge is 0.495 e. The number of amides is 1. The van der Waals surface area contributed by atoms with E-state index in [1.807, 2.05) is 66.7 Å². The Morgan fingerprint density at radius 3 is 2.50 bits per heavy atom. The molecule has 1 aliphatic heterocycles. The maximum Gasteiger partial charge on any atom is 0.270 e. The summed E-state index contributed by atoms with van der Waals surface area (Å²) in [5.41, 5.74) is 3.73. The maximum atomic E-state index is 13.9. The molecular formula is C33H28N6O5. The smallest absolute Gasteiger partial charge is 0.270 e. The Bertz CT molecular complexity index is 1870. The lowest BCUT2D eigenvalue weighted by Gasteiger charge is -2.29. The number of para-hydroxylation sites is 2. The van der Waals surface area contributed by atoms with Crippen molar-refractivity contribution in [2.45, 2.75) is 19.6 Å². The van der Waals surface area contributed by atoms with E-state index in [2.05, 4.69) is 15.6 Å². The highest BCUT2D eigenvalue weighted by Gasteiger charge is 2.35. The number of nitrogens with one attached hydrogen (secondary N) is 2. The molecule has 220 valence electrons. The van der Waals surface area contributed by atoms with Crippen molar-refractivity contribution in [1.29, 1.82) is 0 Å². The third kappa shape index (κ3) is 5.71. The summed E-state index contributed by atoms with van der Waals surface area (Å²) in [5, 5.41) is 22.3. The minimum Gasteiger partial charge on any atom is -0.495 e. The Labute approximate surface area is 252 Å². The van der Waals surface area contributed by atoms with Gasteiger partial charge < -0.3 is 20.1 Å². The van der Waals surface area contributed by atoms with Crippen LogP contribution in [0.25, 0.3) is 11.4 Å². The number of carbonyl (C=O) groups is 1. The summed E-state index contributed by atoms with van der Waals surface area (Å²) in [6, 6.07) is 30.0. The molecule has 0 fully saturated rings. The molecule has 2 heterocycles. The van der Waals surface area contributed by atoms with E-state index in [1.54, 1.807) is 43.0 Å². The predicted octanol–water partition coefficient (Wildman–Crippen LogP) is 6.37. The zero-order chi connectivity index (χ0) is 30.6. The van der Waals surface area contributed by atoms with Crippen LogP contribution in [0, 0.1) is 10.1 Å². The second kappa shape index (κ2) is 12.1. The lowest BCUT2D eigenvalue weighted by molar-refractivity contribution is -0.384. The number of rotatable bonds is 9. The molecule has 1 aliphatic rings. The standard InChI is InChI=1S/C33H28N6O5/c1-21-29(32(40)35-27-13-6-7-14-28(27)43-2)30(23-15-17-26(18-16-23)44-20-22-9-4-3-5-10-22)38-33(34-21)36-31(37-38)24-11-8-12-25(19-24)39(41)42/h3-19,30H,20H2,1-2H3,(H,35,40)(H,34,36,37). The zero-order valence-electron chi connectivity index (χ0n) is 23.9. The van der Waals surface area contributed by atoms with Gasteiger partial charge in [0.15, 0.2) is 5.82 Å². The van der Waals surface area contributed by atoms with Crippen LogP contribution in [0.1, 0.15) is 24.1 Å². The quantitative estimate of drug-likeness (QED) is 0.150. The molecule has 11 nitrogen and oxygen atoms in total. The minimum atomic E-state index is -0.677. The zero-order valence-corrected chi connectivity index (χ0v) is 23.9. The average Bonchev–Trinajstić information content (AvgIpc) is 3.48. The lowest BCUT2D eigenvalue weighted by Crippen LogP contribution is -2.31. The normalized spacial score (nSPS) is 13.9. The highest BCUT2D eigenvalue weighted by Crippen LogP contribution is 2.38. The molecule has 1 unspecified atom stereocenters. The van der Waals surface area contributed by atoms with E-state index < -0.39 is 11.0 Å². The second-order valence-electron chi connectivity index (χ2n) is 10.1. The van der Waals surface area contributed by atoms with Gasteiger partial charge in [-0.2, -0.15) is 4.98 Å². The van der Waals surface area contributed by atoms with Crippen molar-refractivity contribution < 1.29 is 19.2 Å². The van der Waals surface area contributed by atoms with Gasteiger partial charge in [-0.3, -0.25) is 14.9 Å². The molecule has 0 bridgehead atoms. The Morgan fingerprint density at radius 1 is 1.00 bits per heavy atom. The fraction of sp³-hybridized carbons (Fsp3) is 0.121. The van der Waals surface area contributed by atoms with Gasteiger partial charge in [-0.15, -0.1) is 5.10 Å². The summed E-state index contributed by atoms with van der Waals surface area (Å²) >= 11 is 0. The number of hydrogen-bond acceptors (Lipinski definition) is 8. The molecule has 6 rings (SSSR count). The van der Waals surface area contributed by atoms with Crippen molar-refractivity contribution in [3.63, 3.8) is 0 Å². The summed E-state index contributed by atoms with van der Waals surface area (Å²) in [4.78, 5) is 29.5. The summed E-state index contributed by atoms with van der Waals surface area (Å²) in [6.07, 6.45) is 0. The fourth-order valence-corrected chi connectivity index (χ4v) is 5.06. The Morgan fingerprint density at radius 2 is 1.75 bits per heavy atom. The molecule has 0 saturated heterocycles. The van der Waals surface area contributed by atoms with E-state index in [-0.39, 0.29) is 17.4 Å². The van der Waals surface area contributed by atoms with Gasteiger partial charge in [0, 0.05) is 23.4 Å². The number of aromatic nitrogens is 3. The van der Waals surface area contributed by atoms with Gasteiger partial charge in [0.25, 0.3) is 11.6 Å². The number of benzene rings is 4. The predicted molar refractivity (Wildman–Crippen MR) is 165 cm³/mol. The van der Waals surface area contributed by atoms with Crippen LogP contribution < -0.4 is 20.1 Å². The Hall–Kier alpha value is -5.97. The summed E-state index contributed by atoms with van der Waals surface area (Å²) < 4.78 is 13.1. The summed E-state index contributed by atoms with van der Waals surface area (Å²) in [5.74, 6) is 1.51. The molecule has 0 aliphatic carbocycles. The molecule has 0 spiro atoms. The van der Waals surface area contributed by atoms with Gasteiger partial charge in [-0.05, 0) is 42.3 Å². The van der Waals surface area contributed by atoms with E-state index in [4.69, 9.17) is 14.6 Å². The topological polar surface area (TPSA) is 133 Å². The third-order valence-corrected chi connectivity index (χ3v) is 7.21. The van der Waals surface area contributed by atoms with Gasteiger partial charge in [0.2, 0.25) is 5.95 Å². The Kier molecular flexibility index (Phi) is 7.75. The lowest BCUT2D eigenvalue weighted by atomic mass is 9.95. The maximum absolute atomic E-state index is 13.9. The first-order valence-electron chi connectivity index (χ1n) is 13.8. The number of ether oxygens (including phenoxy) is 2. The highest BCUT2D eigenvalue weighted by molar-refractivity contribution is 6.06. The van der Waals surface area contributed by atoms with Crippen LogP contribution >= 0.6 is 0 Å². The number of anilines is 2. The Balaban J connectivity index is 1.38. The van der Waals surface area contributed by atoms with Crippen molar-refractivity contribution >= 4 is 23.2 Å². The number of carbonyl (C=O) groups excluding carboxylic acids is 1. The van der Waals surface area contributed by atoms with Crippen LogP contribution in [0.2, 0.25) is 0 Å². The number of methoxy groups -OCH3 is 1. The van der Waals surface area contributed by atoms with Gasteiger partial charge in [-0.1, -0.05) is 66.7 Å². The minimum absolute atomic E-state index is 0.0722. The average molecular weight is 589 g/mol. The highest BCUT2D eigenvalue weighted by atomic mass is 16.6. The van der Waals surface area contributed by atoms with E-state index in [0.29, 0.717) is 46.6 Å². The fourth-order valence-electron chi connectivity index (χ4n) is 5.06. The number of nitro benzene ring substituents is 1. The van der Waals surface area contributed by atoms with E-state index in [0.717, 1.165) is 11.1 Å². The van der Waals surface area contributed by atoms with Crippen molar-refractivity contribution in [2.24, 2.45) is 0 Å². The molecule has 11 heteroatoms. The molecule has 1 atom stereocenters. The molecule has 0 saturated carbocycles. The number of hydrogen-bond donors (Lipinski definition) is 2. The second-order valence-corrected chi connectivity index (χ2v) is 10.1. The van der Waals surface area contributed by atoms with Crippen molar-refractivity contribution in [2.75, 3.05) is 17.7 Å². The van der Waals surface area contributed by atoms with Gasteiger partial charge in [0.1, 0.15) is 24.1 Å². The molecular weight excluding hydrogens is 560 g/mol. The number of allylic oxidation sites excluding steroid dienone is 1. The summed E-state index contributed by atoms with van der Waals surface area (Å²) in [6.45, 7) is 2.21. The van der Waals surface area contributed by atoms with Crippen molar-refractivity contribution in [1.82, 2.24) is 14.8 Å². The van der Waals surface area contributed by atoms with E-state index in [9.17, 15) is 14.9 Å².